The summed E-state index contributed by atoms with van der Waals surface area (Å²) in [4.78, 5) is 14.1. The van der Waals surface area contributed by atoms with Crippen LogP contribution in [0.25, 0.3) is 0 Å². The lowest BCUT2D eigenvalue weighted by molar-refractivity contribution is -0.138. The van der Waals surface area contributed by atoms with Gasteiger partial charge < -0.3 is 15.4 Å². The van der Waals surface area contributed by atoms with Crippen LogP contribution in [0, 0.1) is 0 Å². The number of hydrogen-bond acceptors (Lipinski definition) is 3. The highest BCUT2D eigenvalue weighted by atomic mass is 16.5. The average molecular weight is 262 g/mol. The van der Waals surface area contributed by atoms with Gasteiger partial charge in [-0.15, -0.1) is 0 Å². The number of hydrogen-bond donors (Lipinski definition) is 1. The van der Waals surface area contributed by atoms with Crippen molar-refractivity contribution in [2.24, 2.45) is 5.73 Å². The molecule has 2 rings (SSSR count). The van der Waals surface area contributed by atoms with E-state index in [9.17, 15) is 4.79 Å². The zero-order chi connectivity index (χ0) is 13.7. The maximum Gasteiger partial charge on any atom is 0.263 e. The quantitative estimate of drug-likeness (QED) is 0.902. The van der Waals surface area contributed by atoms with Crippen LogP contribution in [0.3, 0.4) is 0 Å². The number of rotatable bonds is 4. The minimum Gasteiger partial charge on any atom is -0.481 e. The Morgan fingerprint density at radius 2 is 1.89 bits per heavy atom. The Bertz CT molecular complexity index is 411. The Labute approximate surface area is 114 Å². The van der Waals surface area contributed by atoms with Gasteiger partial charge >= 0.3 is 0 Å². The number of piperidine rings is 1. The molecule has 1 aliphatic heterocycles. The molecule has 1 aromatic carbocycles. The Morgan fingerprint density at radius 1 is 1.26 bits per heavy atom. The molecule has 104 valence electrons. The van der Waals surface area contributed by atoms with E-state index in [2.05, 4.69) is 0 Å². The van der Waals surface area contributed by atoms with Gasteiger partial charge in [0.1, 0.15) is 5.75 Å². The summed E-state index contributed by atoms with van der Waals surface area (Å²) in [5.74, 6) is 0.803. The molecule has 19 heavy (non-hydrogen) atoms. The third-order valence-corrected chi connectivity index (χ3v) is 3.49. The topological polar surface area (TPSA) is 55.6 Å². The van der Waals surface area contributed by atoms with Gasteiger partial charge in [0.05, 0.1) is 0 Å². The van der Waals surface area contributed by atoms with Gasteiger partial charge in [-0.1, -0.05) is 12.1 Å². The third-order valence-electron chi connectivity index (χ3n) is 3.49. The zero-order valence-corrected chi connectivity index (χ0v) is 11.5. The number of likely N-dealkylation sites (tertiary alicyclic amines) is 1. The number of ether oxygens (including phenoxy) is 1. The molecule has 0 radical (unpaired) electrons. The molecule has 4 nitrogen and oxygen atoms in total. The SMILES string of the molecule is CC(Oc1ccc(CN)cc1)C(=O)N1CCCCC1. The molecule has 0 saturated carbocycles. The van der Waals surface area contributed by atoms with E-state index < -0.39 is 6.10 Å². The number of amides is 1. The fourth-order valence-electron chi connectivity index (χ4n) is 2.33. The predicted molar refractivity (Wildman–Crippen MR) is 74.9 cm³/mol. The maximum atomic E-state index is 12.2. The Hall–Kier alpha value is -1.55. The molecule has 0 bridgehead atoms. The molecule has 4 heteroatoms. The minimum atomic E-state index is -0.429. The van der Waals surface area contributed by atoms with Crippen molar-refractivity contribution in [3.05, 3.63) is 29.8 Å². The molecule has 0 aliphatic carbocycles. The van der Waals surface area contributed by atoms with Gasteiger partial charge in [-0.25, -0.2) is 0 Å². The molecule has 0 aromatic heterocycles. The summed E-state index contributed by atoms with van der Waals surface area (Å²) < 4.78 is 5.70. The van der Waals surface area contributed by atoms with Gasteiger partial charge in [-0.3, -0.25) is 4.79 Å². The Morgan fingerprint density at radius 3 is 2.47 bits per heavy atom. The van der Waals surface area contributed by atoms with Gasteiger partial charge in [-0.05, 0) is 43.9 Å². The molecule has 1 amide bonds. The highest BCUT2D eigenvalue weighted by Crippen LogP contribution is 2.16. The number of carbonyl (C=O) groups excluding carboxylic acids is 1. The van der Waals surface area contributed by atoms with Gasteiger partial charge in [-0.2, -0.15) is 0 Å². The molecule has 1 heterocycles. The van der Waals surface area contributed by atoms with Crippen LogP contribution in [0.4, 0.5) is 0 Å². The van der Waals surface area contributed by atoms with Crippen LogP contribution in [-0.4, -0.2) is 30.0 Å². The van der Waals surface area contributed by atoms with Crippen molar-refractivity contribution in [2.75, 3.05) is 13.1 Å². The van der Waals surface area contributed by atoms with Crippen LogP contribution in [0.5, 0.6) is 5.75 Å². The summed E-state index contributed by atoms with van der Waals surface area (Å²) in [6, 6.07) is 7.57. The molecular weight excluding hydrogens is 240 g/mol. The Balaban J connectivity index is 1.91. The van der Waals surface area contributed by atoms with Crippen LogP contribution < -0.4 is 10.5 Å². The van der Waals surface area contributed by atoms with Crippen molar-refractivity contribution in [1.82, 2.24) is 4.90 Å². The van der Waals surface area contributed by atoms with E-state index in [4.69, 9.17) is 10.5 Å². The highest BCUT2D eigenvalue weighted by Gasteiger charge is 2.23. The van der Waals surface area contributed by atoms with Crippen molar-refractivity contribution in [2.45, 2.75) is 38.8 Å². The molecular formula is C15H22N2O2. The van der Waals surface area contributed by atoms with Crippen LogP contribution in [0.2, 0.25) is 0 Å². The molecule has 1 unspecified atom stereocenters. The van der Waals surface area contributed by atoms with Crippen LogP contribution in [-0.2, 0) is 11.3 Å². The summed E-state index contributed by atoms with van der Waals surface area (Å²) in [5.41, 5.74) is 6.60. The van der Waals surface area contributed by atoms with Gasteiger partial charge in [0, 0.05) is 19.6 Å². The van der Waals surface area contributed by atoms with Crippen molar-refractivity contribution in [1.29, 1.82) is 0 Å². The van der Waals surface area contributed by atoms with Crippen molar-refractivity contribution in [3.8, 4) is 5.75 Å². The van der Waals surface area contributed by atoms with E-state index in [0.717, 1.165) is 37.2 Å². The summed E-state index contributed by atoms with van der Waals surface area (Å²) >= 11 is 0. The van der Waals surface area contributed by atoms with Crippen molar-refractivity contribution < 1.29 is 9.53 Å². The number of benzene rings is 1. The third kappa shape index (κ3) is 3.70. The average Bonchev–Trinajstić information content (AvgIpc) is 2.48. The lowest BCUT2D eigenvalue weighted by atomic mass is 10.1. The zero-order valence-electron chi connectivity index (χ0n) is 11.5. The Kier molecular flexibility index (Phi) is 4.80. The molecule has 1 atom stereocenters. The fraction of sp³-hybridized carbons (Fsp3) is 0.533. The van der Waals surface area contributed by atoms with Gasteiger partial charge in [0.15, 0.2) is 6.10 Å². The largest absolute Gasteiger partial charge is 0.481 e. The van der Waals surface area contributed by atoms with Crippen molar-refractivity contribution in [3.63, 3.8) is 0 Å². The smallest absolute Gasteiger partial charge is 0.263 e. The van der Waals surface area contributed by atoms with E-state index >= 15 is 0 Å². The van der Waals surface area contributed by atoms with Crippen LogP contribution in [0.1, 0.15) is 31.7 Å². The van der Waals surface area contributed by atoms with E-state index in [0.29, 0.717) is 6.54 Å². The highest BCUT2D eigenvalue weighted by molar-refractivity contribution is 5.81. The van der Waals surface area contributed by atoms with E-state index in [1.54, 1.807) is 0 Å². The fourth-order valence-corrected chi connectivity index (χ4v) is 2.33. The first-order valence-corrected chi connectivity index (χ1v) is 6.95. The van der Waals surface area contributed by atoms with Gasteiger partial charge in [0.2, 0.25) is 0 Å². The summed E-state index contributed by atoms with van der Waals surface area (Å²) in [6.45, 7) is 4.05. The standard InChI is InChI=1S/C15H22N2O2/c1-12(15(18)17-9-3-2-4-10-17)19-14-7-5-13(11-16)6-8-14/h5-8,12H,2-4,9-11,16H2,1H3. The van der Waals surface area contributed by atoms with Crippen LogP contribution >= 0.6 is 0 Å². The first-order chi connectivity index (χ1) is 9.20. The van der Waals surface area contributed by atoms with Gasteiger partial charge in [0.25, 0.3) is 5.91 Å². The number of nitrogens with two attached hydrogens (primary N) is 1. The summed E-state index contributed by atoms with van der Waals surface area (Å²) in [5, 5.41) is 0. The monoisotopic (exact) mass is 262 g/mol. The van der Waals surface area contributed by atoms with E-state index in [1.807, 2.05) is 36.1 Å². The lowest BCUT2D eigenvalue weighted by Gasteiger charge is -2.29. The molecule has 1 saturated heterocycles. The normalized spacial score (nSPS) is 17.1. The molecule has 0 spiro atoms. The van der Waals surface area contributed by atoms with E-state index in [-0.39, 0.29) is 5.91 Å². The molecule has 1 fully saturated rings. The second-order valence-corrected chi connectivity index (χ2v) is 4.99. The summed E-state index contributed by atoms with van der Waals surface area (Å²) in [7, 11) is 0. The van der Waals surface area contributed by atoms with E-state index in [1.165, 1.54) is 6.42 Å². The number of carbonyl (C=O) groups is 1. The number of nitrogens with zero attached hydrogens (tertiary/aromatic N) is 1. The first-order valence-electron chi connectivity index (χ1n) is 6.95. The summed E-state index contributed by atoms with van der Waals surface area (Å²) in [6.07, 6.45) is 2.99. The van der Waals surface area contributed by atoms with Crippen LogP contribution in [0.15, 0.2) is 24.3 Å². The predicted octanol–water partition coefficient (Wildman–Crippen LogP) is 1.93. The van der Waals surface area contributed by atoms with Crippen molar-refractivity contribution >= 4 is 5.91 Å². The minimum absolute atomic E-state index is 0.0857. The first kappa shape index (κ1) is 13.9. The lowest BCUT2D eigenvalue weighted by Crippen LogP contribution is -2.43. The second-order valence-electron chi connectivity index (χ2n) is 4.99. The molecule has 1 aromatic rings. The molecule has 1 aliphatic rings. The maximum absolute atomic E-state index is 12.2. The molecule has 2 N–H and O–H groups in total. The second kappa shape index (κ2) is 6.57.